The van der Waals surface area contributed by atoms with E-state index < -0.39 is 0 Å². The van der Waals surface area contributed by atoms with E-state index >= 15 is 0 Å². The predicted octanol–water partition coefficient (Wildman–Crippen LogP) is 5.77. The van der Waals surface area contributed by atoms with Crippen molar-refractivity contribution in [3.8, 4) is 16.2 Å². The average molecular weight is 431 g/mol. The van der Waals surface area contributed by atoms with Gasteiger partial charge in [-0.05, 0) is 47.6 Å². The molecule has 148 valence electrons. The van der Waals surface area contributed by atoms with Gasteiger partial charge in [0.25, 0.3) is 5.56 Å². The van der Waals surface area contributed by atoms with Crippen molar-refractivity contribution in [2.75, 3.05) is 7.11 Å². The van der Waals surface area contributed by atoms with Gasteiger partial charge in [0.15, 0.2) is 3.95 Å². The molecule has 0 aliphatic rings. The molecule has 2 aromatic heterocycles. The molecule has 0 spiro atoms. The SMILES string of the molecule is COc1cccc(Cn2c(=O)c3ccccc3n3c(=S)sc(-c4ccccc4)c23)c1. The minimum atomic E-state index is -0.0293. The lowest BCUT2D eigenvalue weighted by Gasteiger charge is -2.14. The van der Waals surface area contributed by atoms with Crippen LogP contribution in [0.4, 0.5) is 0 Å². The Morgan fingerprint density at radius 1 is 0.967 bits per heavy atom. The van der Waals surface area contributed by atoms with Gasteiger partial charge >= 0.3 is 0 Å². The molecule has 0 aliphatic carbocycles. The number of ether oxygens (including phenoxy) is 1. The van der Waals surface area contributed by atoms with Crippen LogP contribution in [-0.2, 0) is 6.54 Å². The first-order valence-electron chi connectivity index (χ1n) is 9.53. The van der Waals surface area contributed by atoms with E-state index in [1.165, 1.54) is 11.3 Å². The van der Waals surface area contributed by atoms with Gasteiger partial charge in [-0.3, -0.25) is 13.8 Å². The molecule has 30 heavy (non-hydrogen) atoms. The second-order valence-electron chi connectivity index (χ2n) is 6.98. The number of benzene rings is 3. The first-order chi connectivity index (χ1) is 14.7. The molecule has 4 nitrogen and oxygen atoms in total. The van der Waals surface area contributed by atoms with Gasteiger partial charge in [0.05, 0.1) is 29.4 Å². The maximum absolute atomic E-state index is 13.6. The lowest BCUT2D eigenvalue weighted by Crippen LogP contribution is -2.23. The molecule has 0 unspecified atom stereocenters. The molecule has 5 aromatic rings. The predicted molar refractivity (Wildman–Crippen MR) is 125 cm³/mol. The summed E-state index contributed by atoms with van der Waals surface area (Å²) in [5.41, 5.74) is 3.67. The molecule has 0 amide bonds. The van der Waals surface area contributed by atoms with Crippen molar-refractivity contribution in [3.05, 3.63) is 98.7 Å². The van der Waals surface area contributed by atoms with Crippen LogP contribution in [0.5, 0.6) is 5.75 Å². The fourth-order valence-corrected chi connectivity index (χ4v) is 5.22. The summed E-state index contributed by atoms with van der Waals surface area (Å²) >= 11 is 7.29. The standard InChI is InChI=1S/C24H18N2O2S2/c1-28-18-11-7-8-16(14-18)15-25-22-21(17-9-3-2-4-10-17)30-24(29)26(22)20-13-6-5-12-19(20)23(25)27/h2-14H,15H2,1H3. The van der Waals surface area contributed by atoms with Gasteiger partial charge in [-0.2, -0.15) is 0 Å². The van der Waals surface area contributed by atoms with Crippen LogP contribution >= 0.6 is 23.6 Å². The number of aromatic nitrogens is 2. The number of hydrogen-bond donors (Lipinski definition) is 0. The summed E-state index contributed by atoms with van der Waals surface area (Å²) in [5, 5.41) is 0.654. The van der Waals surface area contributed by atoms with E-state index in [0.717, 1.165) is 36.9 Å². The van der Waals surface area contributed by atoms with E-state index in [4.69, 9.17) is 17.0 Å². The van der Waals surface area contributed by atoms with Crippen molar-refractivity contribution in [2.45, 2.75) is 6.54 Å². The average Bonchev–Trinajstić information content (AvgIpc) is 3.14. The Bertz CT molecular complexity index is 1500. The van der Waals surface area contributed by atoms with Crippen LogP contribution in [0.1, 0.15) is 5.56 Å². The highest BCUT2D eigenvalue weighted by atomic mass is 32.1. The maximum Gasteiger partial charge on any atom is 0.261 e. The molecule has 0 aliphatic heterocycles. The van der Waals surface area contributed by atoms with E-state index in [2.05, 4.69) is 12.1 Å². The first-order valence-corrected chi connectivity index (χ1v) is 10.8. The molecular weight excluding hydrogens is 412 g/mol. The number of hydrogen-bond acceptors (Lipinski definition) is 4. The molecular formula is C24H18N2O2S2. The fraction of sp³-hybridized carbons (Fsp3) is 0.0833. The zero-order chi connectivity index (χ0) is 20.7. The first kappa shape index (κ1) is 18.8. The molecule has 0 radical (unpaired) electrons. The van der Waals surface area contributed by atoms with Gasteiger partial charge in [-0.25, -0.2) is 0 Å². The maximum atomic E-state index is 13.6. The number of para-hydroxylation sites is 1. The fourth-order valence-electron chi connectivity index (χ4n) is 3.79. The summed E-state index contributed by atoms with van der Waals surface area (Å²) in [5.74, 6) is 0.766. The Hall–Kier alpha value is -3.22. The third kappa shape index (κ3) is 3.05. The molecule has 6 heteroatoms. The second-order valence-corrected chi connectivity index (χ2v) is 8.63. The van der Waals surface area contributed by atoms with Crippen molar-refractivity contribution in [1.82, 2.24) is 8.97 Å². The van der Waals surface area contributed by atoms with Crippen LogP contribution in [-0.4, -0.2) is 16.1 Å². The Morgan fingerprint density at radius 3 is 2.53 bits per heavy atom. The number of fused-ring (bicyclic) bond motifs is 3. The van der Waals surface area contributed by atoms with Gasteiger partial charge in [-0.1, -0.05) is 54.6 Å². The molecule has 0 N–H and O–H groups in total. The second kappa shape index (κ2) is 7.55. The molecule has 2 heterocycles. The summed E-state index contributed by atoms with van der Waals surface area (Å²) in [6.07, 6.45) is 0. The summed E-state index contributed by atoms with van der Waals surface area (Å²) in [6.45, 7) is 0.426. The van der Waals surface area contributed by atoms with Gasteiger partial charge < -0.3 is 4.74 Å². The van der Waals surface area contributed by atoms with E-state index in [-0.39, 0.29) is 5.56 Å². The van der Waals surface area contributed by atoms with Crippen molar-refractivity contribution in [3.63, 3.8) is 0 Å². The minimum absolute atomic E-state index is 0.0293. The summed E-state index contributed by atoms with van der Waals surface area (Å²) in [7, 11) is 1.64. The zero-order valence-electron chi connectivity index (χ0n) is 16.2. The number of thiazole rings is 1. The monoisotopic (exact) mass is 430 g/mol. The topological polar surface area (TPSA) is 35.6 Å². The van der Waals surface area contributed by atoms with Crippen molar-refractivity contribution in [1.29, 1.82) is 0 Å². The molecule has 3 aromatic carbocycles. The molecule has 0 atom stereocenters. The molecule has 0 saturated carbocycles. The highest BCUT2D eigenvalue weighted by molar-refractivity contribution is 7.73. The third-order valence-electron chi connectivity index (χ3n) is 5.17. The van der Waals surface area contributed by atoms with Gasteiger partial charge in [0.1, 0.15) is 11.4 Å². The van der Waals surface area contributed by atoms with Gasteiger partial charge in [0.2, 0.25) is 0 Å². The Kier molecular flexibility index (Phi) is 4.73. The third-order valence-corrected chi connectivity index (χ3v) is 6.59. The molecule has 0 saturated heterocycles. The number of rotatable bonds is 4. The Balaban J connectivity index is 1.88. The highest BCUT2D eigenvalue weighted by Crippen LogP contribution is 2.33. The normalized spacial score (nSPS) is 11.2. The van der Waals surface area contributed by atoms with Crippen LogP contribution in [0.15, 0.2) is 83.7 Å². The van der Waals surface area contributed by atoms with Gasteiger partial charge in [-0.15, -0.1) is 11.3 Å². The Labute approximate surface area is 182 Å². The van der Waals surface area contributed by atoms with Crippen LogP contribution in [0.2, 0.25) is 0 Å². The van der Waals surface area contributed by atoms with E-state index in [1.54, 1.807) is 7.11 Å². The van der Waals surface area contributed by atoms with Crippen LogP contribution in [0.25, 0.3) is 27.0 Å². The van der Waals surface area contributed by atoms with Gasteiger partial charge in [0, 0.05) is 0 Å². The van der Waals surface area contributed by atoms with E-state index in [0.29, 0.717) is 11.9 Å². The lowest BCUT2D eigenvalue weighted by atomic mass is 10.1. The smallest absolute Gasteiger partial charge is 0.261 e. The highest BCUT2D eigenvalue weighted by Gasteiger charge is 2.18. The van der Waals surface area contributed by atoms with E-state index in [1.807, 2.05) is 75.7 Å². The minimum Gasteiger partial charge on any atom is -0.497 e. The molecule has 0 fully saturated rings. The Morgan fingerprint density at radius 2 is 1.73 bits per heavy atom. The summed E-state index contributed by atoms with van der Waals surface area (Å²) in [6, 6.07) is 25.5. The van der Waals surface area contributed by atoms with Crippen LogP contribution in [0.3, 0.4) is 0 Å². The quantitative estimate of drug-likeness (QED) is 0.340. The van der Waals surface area contributed by atoms with Crippen LogP contribution < -0.4 is 10.3 Å². The van der Waals surface area contributed by atoms with Crippen LogP contribution in [0, 0.1) is 3.95 Å². The van der Waals surface area contributed by atoms with Crippen molar-refractivity contribution in [2.24, 2.45) is 0 Å². The van der Waals surface area contributed by atoms with Crippen molar-refractivity contribution >= 4 is 40.1 Å². The zero-order valence-corrected chi connectivity index (χ0v) is 17.9. The summed E-state index contributed by atoms with van der Waals surface area (Å²) in [4.78, 5) is 14.6. The molecule has 5 rings (SSSR count). The molecule has 0 bridgehead atoms. The largest absolute Gasteiger partial charge is 0.497 e. The summed E-state index contributed by atoms with van der Waals surface area (Å²) < 4.78 is 9.94. The lowest BCUT2D eigenvalue weighted by molar-refractivity contribution is 0.414. The number of methoxy groups -OCH3 is 1. The van der Waals surface area contributed by atoms with E-state index in [9.17, 15) is 4.79 Å². The number of nitrogens with zero attached hydrogens (tertiary/aromatic N) is 2. The van der Waals surface area contributed by atoms with Crippen molar-refractivity contribution < 1.29 is 4.74 Å².